The Morgan fingerprint density at radius 2 is 1.70 bits per heavy atom. The molecule has 0 unspecified atom stereocenters. The Bertz CT molecular complexity index is 791. The summed E-state index contributed by atoms with van der Waals surface area (Å²) in [5.74, 6) is 0. The SMILES string of the molecule is CC(C)OCC[C@@H](N=C(C#N)c1ccc(C(F)(F)F)cc1)c1ccccc1. The fourth-order valence-corrected chi connectivity index (χ4v) is 2.54. The second-order valence-corrected chi connectivity index (χ2v) is 6.30. The van der Waals surface area contributed by atoms with E-state index in [2.05, 4.69) is 4.99 Å². The highest BCUT2D eigenvalue weighted by atomic mass is 19.4. The molecule has 6 heteroatoms. The zero-order valence-corrected chi connectivity index (χ0v) is 15.2. The standard InChI is InChI=1S/C21H21F3N2O/c1-15(2)27-13-12-19(16-6-4-3-5-7-16)26-20(14-25)17-8-10-18(11-9-17)21(22,23)24/h3-11,15,19H,12-13H2,1-2H3/t19-/m1/s1. The number of aliphatic imine (C=N–C) groups is 1. The molecule has 2 rings (SSSR count). The molecule has 0 N–H and O–H groups in total. The molecule has 0 bridgehead atoms. The van der Waals surface area contributed by atoms with E-state index in [-0.39, 0.29) is 17.9 Å². The summed E-state index contributed by atoms with van der Waals surface area (Å²) in [6.45, 7) is 4.33. The van der Waals surface area contributed by atoms with Crippen molar-refractivity contribution in [1.29, 1.82) is 5.26 Å². The van der Waals surface area contributed by atoms with Crippen LogP contribution in [0.3, 0.4) is 0 Å². The van der Waals surface area contributed by atoms with E-state index in [1.165, 1.54) is 12.1 Å². The molecule has 0 amide bonds. The molecule has 2 aromatic carbocycles. The average molecular weight is 374 g/mol. The van der Waals surface area contributed by atoms with E-state index in [0.29, 0.717) is 18.6 Å². The summed E-state index contributed by atoms with van der Waals surface area (Å²) in [6.07, 6.45) is -3.77. The number of hydrogen-bond donors (Lipinski definition) is 0. The lowest BCUT2D eigenvalue weighted by Crippen LogP contribution is -2.10. The molecule has 0 aliphatic heterocycles. The smallest absolute Gasteiger partial charge is 0.379 e. The number of nitrogens with zero attached hydrogens (tertiary/aromatic N) is 2. The van der Waals surface area contributed by atoms with Crippen LogP contribution >= 0.6 is 0 Å². The normalized spacial score (nSPS) is 13.4. The lowest BCUT2D eigenvalue weighted by Gasteiger charge is -2.15. The van der Waals surface area contributed by atoms with Crippen molar-refractivity contribution in [2.75, 3.05) is 6.61 Å². The summed E-state index contributed by atoms with van der Waals surface area (Å²) in [6, 6.07) is 15.6. The van der Waals surface area contributed by atoms with E-state index in [9.17, 15) is 18.4 Å². The van der Waals surface area contributed by atoms with Crippen molar-refractivity contribution in [3.05, 3.63) is 71.3 Å². The Hall–Kier alpha value is -2.65. The van der Waals surface area contributed by atoms with Gasteiger partial charge in [0.05, 0.1) is 17.7 Å². The minimum Gasteiger partial charge on any atom is -0.379 e. The predicted octanol–water partition coefficient (Wildman–Crippen LogP) is 5.57. The van der Waals surface area contributed by atoms with Crippen molar-refractivity contribution in [2.24, 2.45) is 4.99 Å². The first-order chi connectivity index (χ1) is 12.8. The number of benzene rings is 2. The van der Waals surface area contributed by atoms with E-state index < -0.39 is 11.7 Å². The third-order valence-corrected chi connectivity index (χ3v) is 3.90. The zero-order chi connectivity index (χ0) is 19.9. The summed E-state index contributed by atoms with van der Waals surface area (Å²) >= 11 is 0. The van der Waals surface area contributed by atoms with Crippen LogP contribution in [-0.2, 0) is 10.9 Å². The van der Waals surface area contributed by atoms with Crippen molar-refractivity contribution in [3.63, 3.8) is 0 Å². The third kappa shape index (κ3) is 6.22. The summed E-state index contributed by atoms with van der Waals surface area (Å²) in [5, 5.41) is 9.48. The van der Waals surface area contributed by atoms with Crippen molar-refractivity contribution in [2.45, 2.75) is 38.6 Å². The van der Waals surface area contributed by atoms with Gasteiger partial charge in [-0.1, -0.05) is 42.5 Å². The Balaban J connectivity index is 2.30. The molecule has 0 aromatic heterocycles. The summed E-state index contributed by atoms with van der Waals surface area (Å²) < 4.78 is 43.8. The topological polar surface area (TPSA) is 45.4 Å². The molecule has 0 radical (unpaired) electrons. The summed E-state index contributed by atoms with van der Waals surface area (Å²) in [7, 11) is 0. The van der Waals surface area contributed by atoms with Crippen LogP contribution in [0.25, 0.3) is 0 Å². The van der Waals surface area contributed by atoms with Crippen LogP contribution in [0.4, 0.5) is 13.2 Å². The minimum absolute atomic E-state index is 0.0794. The van der Waals surface area contributed by atoms with E-state index in [1.54, 1.807) is 0 Å². The van der Waals surface area contributed by atoms with Crippen LogP contribution < -0.4 is 0 Å². The van der Waals surface area contributed by atoms with Crippen LogP contribution in [0.15, 0.2) is 59.6 Å². The number of ether oxygens (including phenoxy) is 1. The summed E-state index contributed by atoms with van der Waals surface area (Å²) in [4.78, 5) is 4.52. The van der Waals surface area contributed by atoms with Gasteiger partial charge in [0.1, 0.15) is 11.8 Å². The Labute approximate surface area is 157 Å². The number of rotatable bonds is 7. The molecule has 0 aliphatic rings. The van der Waals surface area contributed by atoms with Crippen molar-refractivity contribution >= 4 is 5.71 Å². The first kappa shape index (κ1) is 20.7. The van der Waals surface area contributed by atoms with Gasteiger partial charge in [-0.2, -0.15) is 18.4 Å². The van der Waals surface area contributed by atoms with Gasteiger partial charge < -0.3 is 4.74 Å². The molecule has 1 atom stereocenters. The number of halogens is 3. The van der Waals surface area contributed by atoms with Crippen LogP contribution in [0, 0.1) is 11.3 Å². The van der Waals surface area contributed by atoms with E-state index in [4.69, 9.17) is 4.74 Å². The van der Waals surface area contributed by atoms with Crippen LogP contribution in [0.5, 0.6) is 0 Å². The van der Waals surface area contributed by atoms with Crippen molar-refractivity contribution in [3.8, 4) is 6.07 Å². The Morgan fingerprint density at radius 1 is 1.07 bits per heavy atom. The van der Waals surface area contributed by atoms with Crippen molar-refractivity contribution in [1.82, 2.24) is 0 Å². The Kier molecular flexibility index (Phi) is 7.14. The lowest BCUT2D eigenvalue weighted by molar-refractivity contribution is -0.137. The molecule has 0 saturated heterocycles. The number of hydrogen-bond acceptors (Lipinski definition) is 3. The second-order valence-electron chi connectivity index (χ2n) is 6.30. The second kappa shape index (κ2) is 9.33. The molecule has 27 heavy (non-hydrogen) atoms. The molecule has 0 spiro atoms. The molecule has 142 valence electrons. The molecule has 0 fully saturated rings. The van der Waals surface area contributed by atoms with E-state index >= 15 is 0 Å². The van der Waals surface area contributed by atoms with Gasteiger partial charge in [0.25, 0.3) is 0 Å². The van der Waals surface area contributed by atoms with Crippen LogP contribution in [0.2, 0.25) is 0 Å². The maximum atomic E-state index is 12.7. The van der Waals surface area contributed by atoms with Gasteiger partial charge >= 0.3 is 6.18 Å². The quantitative estimate of drug-likeness (QED) is 0.594. The van der Waals surface area contributed by atoms with Crippen LogP contribution in [0.1, 0.15) is 43.0 Å². The summed E-state index contributed by atoms with van der Waals surface area (Å²) in [5.41, 5.74) is 0.622. The van der Waals surface area contributed by atoms with Gasteiger partial charge in [-0.05, 0) is 38.0 Å². The fraction of sp³-hybridized carbons (Fsp3) is 0.333. The highest BCUT2D eigenvalue weighted by molar-refractivity contribution is 6.11. The molecular weight excluding hydrogens is 353 g/mol. The molecule has 0 aliphatic carbocycles. The average Bonchev–Trinajstić information content (AvgIpc) is 2.64. The van der Waals surface area contributed by atoms with Gasteiger partial charge in [-0.15, -0.1) is 0 Å². The fourth-order valence-electron chi connectivity index (χ4n) is 2.54. The van der Waals surface area contributed by atoms with E-state index in [1.807, 2.05) is 50.2 Å². The molecular formula is C21H21F3N2O. The number of alkyl halides is 3. The maximum absolute atomic E-state index is 12.7. The molecule has 0 heterocycles. The predicted molar refractivity (Wildman–Crippen MR) is 98.5 cm³/mol. The minimum atomic E-state index is -4.41. The first-order valence-corrected chi connectivity index (χ1v) is 8.63. The Morgan fingerprint density at radius 3 is 2.22 bits per heavy atom. The third-order valence-electron chi connectivity index (χ3n) is 3.90. The van der Waals surface area contributed by atoms with E-state index in [0.717, 1.165) is 17.7 Å². The lowest BCUT2D eigenvalue weighted by atomic mass is 10.0. The molecule has 2 aromatic rings. The molecule has 3 nitrogen and oxygen atoms in total. The zero-order valence-electron chi connectivity index (χ0n) is 15.2. The van der Waals surface area contributed by atoms with Gasteiger partial charge in [0.2, 0.25) is 0 Å². The first-order valence-electron chi connectivity index (χ1n) is 8.63. The van der Waals surface area contributed by atoms with Crippen LogP contribution in [-0.4, -0.2) is 18.4 Å². The largest absolute Gasteiger partial charge is 0.416 e. The van der Waals surface area contributed by atoms with Crippen molar-refractivity contribution < 1.29 is 17.9 Å². The van der Waals surface area contributed by atoms with Gasteiger partial charge in [-0.25, -0.2) is 0 Å². The van der Waals surface area contributed by atoms with Gasteiger partial charge in [0.15, 0.2) is 0 Å². The maximum Gasteiger partial charge on any atom is 0.416 e. The van der Waals surface area contributed by atoms with Gasteiger partial charge in [-0.3, -0.25) is 4.99 Å². The highest BCUT2D eigenvalue weighted by Gasteiger charge is 2.30. The molecule has 0 saturated carbocycles. The monoisotopic (exact) mass is 374 g/mol. The number of nitriles is 1. The van der Waals surface area contributed by atoms with Gasteiger partial charge in [0, 0.05) is 12.2 Å². The highest BCUT2D eigenvalue weighted by Crippen LogP contribution is 2.29.